The van der Waals surface area contributed by atoms with E-state index in [4.69, 9.17) is 4.74 Å². The van der Waals surface area contributed by atoms with Gasteiger partial charge in [-0.25, -0.2) is 24.2 Å². The number of aliphatic carboxylic acids is 1. The van der Waals surface area contributed by atoms with Gasteiger partial charge in [0.15, 0.2) is 5.60 Å². The summed E-state index contributed by atoms with van der Waals surface area (Å²) in [4.78, 5) is 59.6. The summed E-state index contributed by atoms with van der Waals surface area (Å²) in [7, 11) is 0. The minimum atomic E-state index is -2.82. The number of carboxylic acids is 1. The number of ether oxygens (including phenoxy) is 1. The maximum atomic E-state index is 13.2. The molecule has 3 unspecified atom stereocenters. The first kappa shape index (κ1) is 30.1. The molecule has 0 heterocycles. The van der Waals surface area contributed by atoms with Crippen molar-refractivity contribution in [2.24, 2.45) is 11.8 Å². The topological polar surface area (TPSA) is 140 Å². The summed E-state index contributed by atoms with van der Waals surface area (Å²) in [6, 6.07) is 5.71. The minimum Gasteiger partial charge on any atom is -0.481 e. The van der Waals surface area contributed by atoms with E-state index >= 15 is 0 Å². The summed E-state index contributed by atoms with van der Waals surface area (Å²) in [6.07, 6.45) is -0.372. The van der Waals surface area contributed by atoms with Crippen LogP contribution < -0.4 is 4.74 Å². The van der Waals surface area contributed by atoms with Crippen LogP contribution in [0.3, 0.4) is 0 Å². The van der Waals surface area contributed by atoms with E-state index in [1.807, 2.05) is 0 Å². The zero-order chi connectivity index (χ0) is 26.8. The monoisotopic (exact) mass is 495 g/mol. The highest BCUT2D eigenvalue weighted by Crippen LogP contribution is 2.31. The van der Waals surface area contributed by atoms with Crippen LogP contribution in [0.5, 0.6) is 5.75 Å². The standard InChI is InChI=1S/C25H37NO9/c1-7-20(27)34-35-21(28)15-25(32,22(23(29)30)17(6)26(8-2)9-3)24(31)33-19-12-10-18(11-13-19)14-16(4)5/h10-13,16-17,22,32H,7-9,14-15H2,1-6H3,(H,29,30). The average molecular weight is 496 g/mol. The van der Waals surface area contributed by atoms with Gasteiger partial charge in [-0.1, -0.05) is 46.8 Å². The smallest absolute Gasteiger partial charge is 0.359 e. The molecule has 0 amide bonds. The summed E-state index contributed by atoms with van der Waals surface area (Å²) in [6.45, 7) is 11.6. The molecule has 0 saturated heterocycles. The maximum Gasteiger partial charge on any atom is 0.359 e. The van der Waals surface area contributed by atoms with E-state index in [0.717, 1.165) is 12.0 Å². The predicted molar refractivity (Wildman–Crippen MR) is 126 cm³/mol. The normalized spacial score (nSPS) is 14.7. The summed E-state index contributed by atoms with van der Waals surface area (Å²) in [5, 5.41) is 21.4. The van der Waals surface area contributed by atoms with Crippen molar-refractivity contribution in [3.05, 3.63) is 29.8 Å². The van der Waals surface area contributed by atoms with Gasteiger partial charge in [-0.15, -0.1) is 0 Å². The molecule has 0 bridgehead atoms. The molecule has 10 heteroatoms. The largest absolute Gasteiger partial charge is 0.481 e. The molecule has 0 aliphatic carbocycles. The summed E-state index contributed by atoms with van der Waals surface area (Å²) >= 11 is 0. The van der Waals surface area contributed by atoms with E-state index in [2.05, 4.69) is 23.6 Å². The van der Waals surface area contributed by atoms with E-state index in [-0.39, 0.29) is 12.2 Å². The van der Waals surface area contributed by atoms with Crippen molar-refractivity contribution in [1.29, 1.82) is 0 Å². The third kappa shape index (κ3) is 8.63. The Morgan fingerprint density at radius 2 is 1.49 bits per heavy atom. The lowest BCUT2D eigenvalue weighted by Crippen LogP contribution is -2.59. The lowest BCUT2D eigenvalue weighted by Gasteiger charge is -2.38. The zero-order valence-electron chi connectivity index (χ0n) is 21.3. The Labute approximate surface area is 206 Å². The van der Waals surface area contributed by atoms with E-state index in [1.54, 1.807) is 30.9 Å². The van der Waals surface area contributed by atoms with Crippen LogP contribution in [-0.2, 0) is 35.4 Å². The number of carboxylic acid groups (broad SMARTS) is 1. The molecule has 0 spiro atoms. The van der Waals surface area contributed by atoms with Gasteiger partial charge >= 0.3 is 23.9 Å². The van der Waals surface area contributed by atoms with Crippen LogP contribution in [0.4, 0.5) is 0 Å². The first-order valence-electron chi connectivity index (χ1n) is 11.8. The van der Waals surface area contributed by atoms with Gasteiger partial charge < -0.3 is 19.8 Å². The van der Waals surface area contributed by atoms with E-state index in [1.165, 1.54) is 26.0 Å². The minimum absolute atomic E-state index is 0.0753. The van der Waals surface area contributed by atoms with Crippen LogP contribution in [0.15, 0.2) is 24.3 Å². The lowest BCUT2D eigenvalue weighted by atomic mass is 9.79. The van der Waals surface area contributed by atoms with Gasteiger partial charge in [0.1, 0.15) is 11.7 Å². The number of benzene rings is 1. The highest BCUT2D eigenvalue weighted by Gasteiger charge is 2.55. The van der Waals surface area contributed by atoms with Crippen LogP contribution in [0.1, 0.15) is 59.9 Å². The molecule has 0 aliphatic heterocycles. The Bertz CT molecular complexity index is 864. The Morgan fingerprint density at radius 3 is 1.94 bits per heavy atom. The molecule has 1 rings (SSSR count). The van der Waals surface area contributed by atoms with Gasteiger partial charge in [0.2, 0.25) is 0 Å². The number of carbonyl (C=O) groups is 4. The molecule has 0 saturated carbocycles. The Hall–Kier alpha value is -2.98. The Kier molecular flexibility index (Phi) is 11.8. The van der Waals surface area contributed by atoms with Crippen LogP contribution in [-0.4, -0.2) is 63.7 Å². The second kappa shape index (κ2) is 13.8. The molecule has 35 heavy (non-hydrogen) atoms. The predicted octanol–water partition coefficient (Wildman–Crippen LogP) is 2.75. The zero-order valence-corrected chi connectivity index (χ0v) is 21.3. The van der Waals surface area contributed by atoms with Crippen molar-refractivity contribution in [3.63, 3.8) is 0 Å². The number of hydrogen-bond acceptors (Lipinski definition) is 9. The highest BCUT2D eigenvalue weighted by molar-refractivity contribution is 5.92. The van der Waals surface area contributed by atoms with Crippen molar-refractivity contribution in [3.8, 4) is 5.75 Å². The molecule has 0 fully saturated rings. The number of nitrogens with zero attached hydrogens (tertiary/aromatic N) is 1. The van der Waals surface area contributed by atoms with Crippen molar-refractivity contribution in [2.75, 3.05) is 13.1 Å². The van der Waals surface area contributed by atoms with Gasteiger partial charge in [0.25, 0.3) is 0 Å². The van der Waals surface area contributed by atoms with Crippen molar-refractivity contribution < 1.29 is 43.9 Å². The molecule has 3 atom stereocenters. The number of esters is 1. The van der Waals surface area contributed by atoms with Crippen molar-refractivity contribution in [2.45, 2.75) is 72.4 Å². The molecule has 0 radical (unpaired) electrons. The van der Waals surface area contributed by atoms with E-state index in [0.29, 0.717) is 19.0 Å². The van der Waals surface area contributed by atoms with E-state index < -0.39 is 47.9 Å². The Morgan fingerprint density at radius 1 is 0.943 bits per heavy atom. The molecule has 0 aliphatic rings. The molecule has 1 aromatic rings. The quantitative estimate of drug-likeness (QED) is 0.182. The molecule has 10 nitrogen and oxygen atoms in total. The average Bonchev–Trinajstić information content (AvgIpc) is 2.78. The fourth-order valence-electron chi connectivity index (χ4n) is 3.89. The summed E-state index contributed by atoms with van der Waals surface area (Å²) in [5.74, 6) is -6.25. The number of carbonyl (C=O) groups excluding carboxylic acids is 3. The summed E-state index contributed by atoms with van der Waals surface area (Å²) in [5.41, 5.74) is -1.81. The molecule has 2 N–H and O–H groups in total. The van der Waals surface area contributed by atoms with Crippen molar-refractivity contribution in [1.82, 2.24) is 4.90 Å². The third-order valence-electron chi connectivity index (χ3n) is 5.71. The molecule has 196 valence electrons. The number of rotatable bonds is 13. The second-order valence-corrected chi connectivity index (χ2v) is 8.77. The van der Waals surface area contributed by atoms with Gasteiger partial charge in [0, 0.05) is 12.5 Å². The number of aliphatic hydroxyl groups is 1. The highest BCUT2D eigenvalue weighted by atomic mass is 17.2. The molecule has 0 aromatic heterocycles. The molecular weight excluding hydrogens is 458 g/mol. The fraction of sp³-hybridized carbons (Fsp3) is 0.600. The fourth-order valence-corrected chi connectivity index (χ4v) is 3.89. The molecular formula is C25H37NO9. The maximum absolute atomic E-state index is 13.2. The van der Waals surface area contributed by atoms with Gasteiger partial charge in [0.05, 0.1) is 6.42 Å². The van der Waals surface area contributed by atoms with Crippen LogP contribution in [0.25, 0.3) is 0 Å². The van der Waals surface area contributed by atoms with Crippen molar-refractivity contribution >= 4 is 23.9 Å². The van der Waals surface area contributed by atoms with Gasteiger partial charge in [-0.2, -0.15) is 0 Å². The second-order valence-electron chi connectivity index (χ2n) is 8.77. The summed E-state index contributed by atoms with van der Waals surface area (Å²) < 4.78 is 5.33. The van der Waals surface area contributed by atoms with E-state index in [9.17, 15) is 29.4 Å². The molecule has 1 aromatic carbocycles. The third-order valence-corrected chi connectivity index (χ3v) is 5.71. The van der Waals surface area contributed by atoms with Crippen LogP contribution in [0, 0.1) is 11.8 Å². The first-order chi connectivity index (χ1) is 16.4. The van der Waals surface area contributed by atoms with Crippen LogP contribution >= 0.6 is 0 Å². The van der Waals surface area contributed by atoms with Gasteiger partial charge in [-0.3, -0.25) is 4.79 Å². The van der Waals surface area contributed by atoms with Crippen LogP contribution in [0.2, 0.25) is 0 Å². The first-order valence-corrected chi connectivity index (χ1v) is 11.8. The number of hydrogen-bond donors (Lipinski definition) is 2. The Balaban J connectivity index is 3.32. The lowest BCUT2D eigenvalue weighted by molar-refractivity contribution is -0.262. The van der Waals surface area contributed by atoms with Gasteiger partial charge in [-0.05, 0) is 50.0 Å². The SMILES string of the molecule is CCC(=O)OOC(=O)CC(O)(C(=O)Oc1ccc(CC(C)C)cc1)C(C(=O)O)C(C)N(CC)CC.